The molecule has 0 aliphatic carbocycles. The van der Waals surface area contributed by atoms with Crippen molar-refractivity contribution in [1.29, 1.82) is 0 Å². The summed E-state index contributed by atoms with van der Waals surface area (Å²) in [4.78, 5) is 23.4. The number of carboxylic acid groups (broad SMARTS) is 1. The lowest BCUT2D eigenvalue weighted by atomic mass is 10.1. The van der Waals surface area contributed by atoms with Crippen LogP contribution in [0, 0.1) is 5.92 Å². The molecule has 74 valence electrons. The van der Waals surface area contributed by atoms with Gasteiger partial charge < -0.3 is 15.7 Å². The van der Waals surface area contributed by atoms with Gasteiger partial charge in [0.15, 0.2) is 0 Å². The van der Waals surface area contributed by atoms with Crippen molar-refractivity contribution < 1.29 is 14.7 Å². The molecule has 5 nitrogen and oxygen atoms in total. The number of carboxylic acids is 1. The Labute approximate surface area is 76.5 Å². The highest BCUT2D eigenvalue weighted by Crippen LogP contribution is 2.16. The number of aliphatic carboxylic acids is 1. The van der Waals surface area contributed by atoms with Gasteiger partial charge in [-0.1, -0.05) is 0 Å². The minimum atomic E-state index is -0.833. The Morgan fingerprint density at radius 2 is 2.23 bits per heavy atom. The summed E-state index contributed by atoms with van der Waals surface area (Å²) in [5, 5.41) is 8.68. The number of hydrogen-bond donors (Lipinski definition) is 2. The van der Waals surface area contributed by atoms with E-state index in [1.807, 2.05) is 0 Å². The van der Waals surface area contributed by atoms with E-state index in [-0.39, 0.29) is 5.91 Å². The first-order chi connectivity index (χ1) is 6.02. The second-order valence-corrected chi connectivity index (χ2v) is 3.40. The molecule has 1 heterocycles. The first kappa shape index (κ1) is 9.98. The van der Waals surface area contributed by atoms with Gasteiger partial charge in [-0.2, -0.15) is 0 Å². The smallest absolute Gasteiger partial charge is 0.308 e. The van der Waals surface area contributed by atoms with Gasteiger partial charge in [-0.05, 0) is 13.3 Å². The van der Waals surface area contributed by atoms with Crippen molar-refractivity contribution in [3.05, 3.63) is 0 Å². The van der Waals surface area contributed by atoms with Crippen LogP contribution in [0.25, 0.3) is 0 Å². The second-order valence-electron chi connectivity index (χ2n) is 3.40. The predicted molar refractivity (Wildman–Crippen MR) is 46.0 cm³/mol. The van der Waals surface area contributed by atoms with Crippen LogP contribution >= 0.6 is 0 Å². The molecule has 0 bridgehead atoms. The third-order valence-corrected chi connectivity index (χ3v) is 2.24. The van der Waals surface area contributed by atoms with Crippen molar-refractivity contribution in [3.8, 4) is 0 Å². The van der Waals surface area contributed by atoms with Crippen LogP contribution in [0.1, 0.15) is 13.3 Å². The van der Waals surface area contributed by atoms with E-state index in [4.69, 9.17) is 10.8 Å². The van der Waals surface area contributed by atoms with Crippen molar-refractivity contribution in [2.45, 2.75) is 19.4 Å². The van der Waals surface area contributed by atoms with E-state index >= 15 is 0 Å². The summed E-state index contributed by atoms with van der Waals surface area (Å²) < 4.78 is 0. The van der Waals surface area contributed by atoms with E-state index in [9.17, 15) is 9.59 Å². The van der Waals surface area contributed by atoms with E-state index in [0.717, 1.165) is 0 Å². The van der Waals surface area contributed by atoms with Gasteiger partial charge in [0.25, 0.3) is 0 Å². The van der Waals surface area contributed by atoms with Gasteiger partial charge in [0.2, 0.25) is 5.91 Å². The molecule has 1 saturated heterocycles. The fourth-order valence-corrected chi connectivity index (χ4v) is 1.45. The summed E-state index contributed by atoms with van der Waals surface area (Å²) in [6, 6.07) is -0.535. The number of nitrogens with two attached hydrogens (primary N) is 1. The van der Waals surface area contributed by atoms with Gasteiger partial charge in [-0.3, -0.25) is 9.59 Å². The summed E-state index contributed by atoms with van der Waals surface area (Å²) in [6.07, 6.45) is 0.536. The summed E-state index contributed by atoms with van der Waals surface area (Å²) in [7, 11) is 0. The third kappa shape index (κ3) is 2.18. The maximum absolute atomic E-state index is 11.3. The molecule has 1 fully saturated rings. The first-order valence-corrected chi connectivity index (χ1v) is 4.29. The molecular weight excluding hydrogens is 172 g/mol. The average Bonchev–Trinajstić information content (AvgIpc) is 2.50. The molecule has 1 rings (SSSR count). The molecule has 1 aliphatic heterocycles. The Hall–Kier alpha value is -1.10. The van der Waals surface area contributed by atoms with Crippen LogP contribution in [0.5, 0.6) is 0 Å². The van der Waals surface area contributed by atoms with Gasteiger partial charge in [0.1, 0.15) is 0 Å². The van der Waals surface area contributed by atoms with E-state index in [0.29, 0.717) is 19.5 Å². The lowest BCUT2D eigenvalue weighted by Crippen LogP contribution is -2.41. The summed E-state index contributed by atoms with van der Waals surface area (Å²) >= 11 is 0. The molecule has 0 spiro atoms. The molecule has 0 aromatic rings. The monoisotopic (exact) mass is 186 g/mol. The zero-order chi connectivity index (χ0) is 10.0. The molecular formula is C8H14N2O3. The van der Waals surface area contributed by atoms with Crippen molar-refractivity contribution in [2.75, 3.05) is 13.1 Å². The zero-order valence-corrected chi connectivity index (χ0v) is 7.56. The molecule has 2 atom stereocenters. The Morgan fingerprint density at radius 3 is 2.62 bits per heavy atom. The SMILES string of the molecule is C[C@H](N)C(=O)N1CCC(C(=O)O)C1. The summed E-state index contributed by atoms with van der Waals surface area (Å²) in [5.41, 5.74) is 5.40. The van der Waals surface area contributed by atoms with Crippen molar-refractivity contribution >= 4 is 11.9 Å². The molecule has 3 N–H and O–H groups in total. The number of amides is 1. The highest BCUT2D eigenvalue weighted by molar-refractivity contribution is 5.82. The molecule has 13 heavy (non-hydrogen) atoms. The Morgan fingerprint density at radius 1 is 1.62 bits per heavy atom. The van der Waals surface area contributed by atoms with Gasteiger partial charge >= 0.3 is 5.97 Å². The highest BCUT2D eigenvalue weighted by atomic mass is 16.4. The fourth-order valence-electron chi connectivity index (χ4n) is 1.45. The first-order valence-electron chi connectivity index (χ1n) is 4.29. The van der Waals surface area contributed by atoms with E-state index in [2.05, 4.69) is 0 Å². The van der Waals surface area contributed by atoms with Crippen LogP contribution in [-0.4, -0.2) is 41.0 Å². The zero-order valence-electron chi connectivity index (χ0n) is 7.56. The van der Waals surface area contributed by atoms with Crippen LogP contribution in [0.15, 0.2) is 0 Å². The average molecular weight is 186 g/mol. The number of nitrogens with zero attached hydrogens (tertiary/aromatic N) is 1. The summed E-state index contributed by atoms with van der Waals surface area (Å²) in [5.74, 6) is -1.41. The molecule has 0 saturated carbocycles. The largest absolute Gasteiger partial charge is 0.481 e. The minimum Gasteiger partial charge on any atom is -0.481 e. The van der Waals surface area contributed by atoms with Gasteiger partial charge in [0.05, 0.1) is 12.0 Å². The quantitative estimate of drug-likeness (QED) is 0.595. The van der Waals surface area contributed by atoms with Crippen molar-refractivity contribution in [1.82, 2.24) is 4.90 Å². The molecule has 1 aliphatic rings. The Balaban J connectivity index is 2.50. The number of carbonyl (C=O) groups excluding carboxylic acids is 1. The van der Waals surface area contributed by atoms with E-state index < -0.39 is 17.9 Å². The Bertz CT molecular complexity index is 227. The van der Waals surface area contributed by atoms with Gasteiger partial charge in [-0.15, -0.1) is 0 Å². The normalized spacial score (nSPS) is 24.5. The van der Waals surface area contributed by atoms with Crippen LogP contribution in [0.2, 0.25) is 0 Å². The van der Waals surface area contributed by atoms with Crippen molar-refractivity contribution in [3.63, 3.8) is 0 Å². The molecule has 0 radical (unpaired) electrons. The number of rotatable bonds is 2. The lowest BCUT2D eigenvalue weighted by molar-refractivity contribution is -0.141. The van der Waals surface area contributed by atoms with Gasteiger partial charge in [0, 0.05) is 13.1 Å². The van der Waals surface area contributed by atoms with E-state index in [1.54, 1.807) is 6.92 Å². The molecule has 0 aromatic heterocycles. The number of hydrogen-bond acceptors (Lipinski definition) is 3. The maximum atomic E-state index is 11.3. The minimum absolute atomic E-state index is 0.163. The lowest BCUT2D eigenvalue weighted by Gasteiger charge is -2.17. The van der Waals surface area contributed by atoms with Crippen LogP contribution < -0.4 is 5.73 Å². The Kier molecular flexibility index (Phi) is 2.87. The molecule has 1 amide bonds. The molecule has 5 heteroatoms. The second kappa shape index (κ2) is 3.74. The number of likely N-dealkylation sites (tertiary alicyclic amines) is 1. The predicted octanol–water partition coefficient (Wildman–Crippen LogP) is -0.733. The highest BCUT2D eigenvalue weighted by Gasteiger charge is 2.31. The van der Waals surface area contributed by atoms with Gasteiger partial charge in [-0.25, -0.2) is 0 Å². The third-order valence-electron chi connectivity index (χ3n) is 2.24. The fraction of sp³-hybridized carbons (Fsp3) is 0.750. The van der Waals surface area contributed by atoms with Crippen LogP contribution in [0.4, 0.5) is 0 Å². The molecule has 1 unspecified atom stereocenters. The van der Waals surface area contributed by atoms with Crippen LogP contribution in [0.3, 0.4) is 0 Å². The standard InChI is InChI=1S/C8H14N2O3/c1-5(9)7(11)10-3-2-6(4-10)8(12)13/h5-6H,2-4,9H2,1H3,(H,12,13)/t5-,6?/m0/s1. The topological polar surface area (TPSA) is 83.6 Å². The van der Waals surface area contributed by atoms with Crippen LogP contribution in [-0.2, 0) is 9.59 Å². The maximum Gasteiger partial charge on any atom is 0.308 e. The van der Waals surface area contributed by atoms with Crippen molar-refractivity contribution in [2.24, 2.45) is 11.7 Å². The molecule has 0 aromatic carbocycles. The van der Waals surface area contributed by atoms with E-state index in [1.165, 1.54) is 4.90 Å². The number of carbonyl (C=O) groups is 2. The summed E-state index contributed by atoms with van der Waals surface area (Å²) in [6.45, 7) is 2.42.